The second-order valence-corrected chi connectivity index (χ2v) is 4.88. The van der Waals surface area contributed by atoms with Gasteiger partial charge in [0.15, 0.2) is 17.2 Å². The van der Waals surface area contributed by atoms with Gasteiger partial charge in [0.05, 0.1) is 31.3 Å². The molecule has 2 aromatic rings. The molecule has 126 valence electrons. The van der Waals surface area contributed by atoms with Crippen LogP contribution in [-0.4, -0.2) is 26.3 Å². The van der Waals surface area contributed by atoms with Gasteiger partial charge in [-0.15, -0.1) is 10.2 Å². The Hall–Kier alpha value is -2.87. The summed E-state index contributed by atoms with van der Waals surface area (Å²) in [5, 5.41) is 18.9. The van der Waals surface area contributed by atoms with Crippen molar-refractivity contribution in [3.8, 4) is 17.2 Å². The minimum absolute atomic E-state index is 0.111. The van der Waals surface area contributed by atoms with Gasteiger partial charge in [0.2, 0.25) is 0 Å². The maximum Gasteiger partial charge on any atom is 0.271 e. The smallest absolute Gasteiger partial charge is 0.271 e. The molecule has 2 aromatic carbocycles. The van der Waals surface area contributed by atoms with Crippen LogP contribution in [0.5, 0.6) is 17.2 Å². The minimum Gasteiger partial charge on any atom is -0.496 e. The molecule has 0 atom stereocenters. The first-order valence-electron chi connectivity index (χ1n) is 6.65. The third-order valence-corrected chi connectivity index (χ3v) is 3.39. The summed E-state index contributed by atoms with van der Waals surface area (Å²) < 4.78 is 15.7. The molecular weight excluding hydrogens is 338 g/mol. The first-order valence-corrected chi connectivity index (χ1v) is 7.03. The van der Waals surface area contributed by atoms with Crippen LogP contribution in [0.2, 0.25) is 5.02 Å². The van der Waals surface area contributed by atoms with Gasteiger partial charge >= 0.3 is 0 Å². The Labute approximate surface area is 142 Å². The van der Waals surface area contributed by atoms with Crippen LogP contribution < -0.4 is 14.2 Å². The molecule has 0 amide bonds. The fourth-order valence-electron chi connectivity index (χ4n) is 1.88. The molecule has 0 saturated heterocycles. The van der Waals surface area contributed by atoms with Gasteiger partial charge in [-0.25, -0.2) is 0 Å². The van der Waals surface area contributed by atoms with Crippen molar-refractivity contribution in [3.05, 3.63) is 45.5 Å². The molecule has 0 heterocycles. The number of nitro groups is 1. The Bertz CT molecular complexity index is 770. The number of rotatable bonds is 6. The summed E-state index contributed by atoms with van der Waals surface area (Å²) >= 11 is 5.99. The van der Waals surface area contributed by atoms with E-state index >= 15 is 0 Å². The summed E-state index contributed by atoms with van der Waals surface area (Å²) in [6.07, 6.45) is 0. The Balaban J connectivity index is 2.43. The molecule has 0 spiro atoms. The summed E-state index contributed by atoms with van der Waals surface area (Å²) in [6, 6.07) is 7.18. The number of ether oxygens (including phenoxy) is 3. The van der Waals surface area contributed by atoms with Crippen molar-refractivity contribution in [2.75, 3.05) is 21.3 Å². The highest BCUT2D eigenvalue weighted by atomic mass is 35.5. The molecular formula is C15H14ClN3O5. The van der Waals surface area contributed by atoms with Gasteiger partial charge in [-0.3, -0.25) is 10.1 Å². The number of methoxy groups -OCH3 is 3. The molecule has 2 rings (SSSR count). The molecule has 0 fully saturated rings. The van der Waals surface area contributed by atoms with Gasteiger partial charge in [-0.1, -0.05) is 11.6 Å². The van der Waals surface area contributed by atoms with Crippen LogP contribution in [0.1, 0.15) is 0 Å². The Kier molecular flexibility index (Phi) is 5.54. The number of hydrogen-bond donors (Lipinski definition) is 0. The van der Waals surface area contributed by atoms with E-state index in [1.54, 1.807) is 12.1 Å². The Morgan fingerprint density at radius 3 is 2.08 bits per heavy atom. The summed E-state index contributed by atoms with van der Waals surface area (Å²) in [7, 11) is 4.48. The van der Waals surface area contributed by atoms with E-state index in [1.807, 2.05) is 0 Å². The van der Waals surface area contributed by atoms with Crippen LogP contribution in [0.4, 0.5) is 17.1 Å². The molecule has 0 bridgehead atoms. The van der Waals surface area contributed by atoms with Gasteiger partial charge in [0.1, 0.15) is 11.4 Å². The number of halogens is 1. The van der Waals surface area contributed by atoms with Crippen molar-refractivity contribution in [1.82, 2.24) is 0 Å². The van der Waals surface area contributed by atoms with E-state index < -0.39 is 4.92 Å². The van der Waals surface area contributed by atoms with Crippen LogP contribution in [0.3, 0.4) is 0 Å². The molecule has 0 aromatic heterocycles. The predicted octanol–water partition coefficient (Wildman–Crippen LogP) is 4.69. The quantitative estimate of drug-likeness (QED) is 0.427. The molecule has 0 unspecified atom stereocenters. The Morgan fingerprint density at radius 2 is 1.62 bits per heavy atom. The zero-order valence-electron chi connectivity index (χ0n) is 13.1. The minimum atomic E-state index is -0.539. The second-order valence-electron chi connectivity index (χ2n) is 4.47. The third-order valence-electron chi connectivity index (χ3n) is 3.09. The molecule has 0 saturated carbocycles. The van der Waals surface area contributed by atoms with Crippen molar-refractivity contribution in [2.24, 2.45) is 10.2 Å². The number of non-ortho nitro benzene ring substituents is 1. The normalized spacial score (nSPS) is 10.7. The fourth-order valence-corrected chi connectivity index (χ4v) is 2.09. The lowest BCUT2D eigenvalue weighted by atomic mass is 10.2. The molecule has 0 aliphatic carbocycles. The maximum atomic E-state index is 10.7. The Morgan fingerprint density at radius 1 is 1.00 bits per heavy atom. The molecule has 0 radical (unpaired) electrons. The van der Waals surface area contributed by atoms with Crippen molar-refractivity contribution in [3.63, 3.8) is 0 Å². The molecule has 9 heteroatoms. The first kappa shape index (κ1) is 17.5. The lowest BCUT2D eigenvalue weighted by Crippen LogP contribution is -1.91. The second kappa shape index (κ2) is 7.60. The highest BCUT2D eigenvalue weighted by Gasteiger charge is 2.14. The lowest BCUT2D eigenvalue weighted by Gasteiger charge is -2.11. The third kappa shape index (κ3) is 3.72. The number of nitrogens with zero attached hydrogens (tertiary/aromatic N) is 3. The van der Waals surface area contributed by atoms with Crippen molar-refractivity contribution < 1.29 is 19.1 Å². The summed E-state index contributed by atoms with van der Waals surface area (Å²) in [6.45, 7) is 0. The van der Waals surface area contributed by atoms with E-state index in [0.717, 1.165) is 0 Å². The van der Waals surface area contributed by atoms with Crippen molar-refractivity contribution in [2.45, 2.75) is 0 Å². The highest BCUT2D eigenvalue weighted by molar-refractivity contribution is 6.33. The van der Waals surface area contributed by atoms with E-state index in [9.17, 15) is 10.1 Å². The summed E-state index contributed by atoms with van der Waals surface area (Å²) in [5.41, 5.74) is 0.496. The van der Waals surface area contributed by atoms with Gasteiger partial charge in [0.25, 0.3) is 5.69 Å². The predicted molar refractivity (Wildman–Crippen MR) is 88.4 cm³/mol. The average Bonchev–Trinajstić information content (AvgIpc) is 2.59. The van der Waals surface area contributed by atoms with E-state index in [1.165, 1.54) is 39.5 Å². The summed E-state index contributed by atoms with van der Waals surface area (Å²) in [4.78, 5) is 10.2. The number of nitro benzene ring substituents is 1. The zero-order chi connectivity index (χ0) is 17.7. The molecule has 0 N–H and O–H groups in total. The van der Waals surface area contributed by atoms with Crippen LogP contribution in [0, 0.1) is 10.1 Å². The van der Waals surface area contributed by atoms with E-state index in [0.29, 0.717) is 22.9 Å². The zero-order valence-corrected chi connectivity index (χ0v) is 13.9. The highest BCUT2D eigenvalue weighted by Crippen LogP contribution is 2.42. The number of benzene rings is 2. The van der Waals surface area contributed by atoms with Gasteiger partial charge in [0, 0.05) is 24.3 Å². The fraction of sp³-hybridized carbons (Fsp3) is 0.200. The SMILES string of the molecule is COc1cc(OC)c(N=Nc2ccc([N+](=O)[O-])cc2Cl)c(OC)c1. The maximum absolute atomic E-state index is 10.7. The topological polar surface area (TPSA) is 95.5 Å². The van der Waals surface area contributed by atoms with Crippen LogP contribution >= 0.6 is 11.6 Å². The van der Waals surface area contributed by atoms with Crippen LogP contribution in [0.15, 0.2) is 40.6 Å². The van der Waals surface area contributed by atoms with Gasteiger partial charge in [-0.05, 0) is 6.07 Å². The molecule has 8 nitrogen and oxygen atoms in total. The lowest BCUT2D eigenvalue weighted by molar-refractivity contribution is -0.384. The molecule has 24 heavy (non-hydrogen) atoms. The first-order chi connectivity index (χ1) is 11.5. The monoisotopic (exact) mass is 351 g/mol. The largest absolute Gasteiger partial charge is 0.496 e. The number of azo groups is 1. The summed E-state index contributed by atoms with van der Waals surface area (Å²) in [5.74, 6) is 1.33. The van der Waals surface area contributed by atoms with Crippen molar-refractivity contribution in [1.29, 1.82) is 0 Å². The van der Waals surface area contributed by atoms with E-state index in [-0.39, 0.29) is 16.4 Å². The molecule has 0 aliphatic heterocycles. The molecule has 0 aliphatic rings. The van der Waals surface area contributed by atoms with Gasteiger partial charge < -0.3 is 14.2 Å². The van der Waals surface area contributed by atoms with E-state index in [2.05, 4.69) is 10.2 Å². The van der Waals surface area contributed by atoms with Crippen LogP contribution in [0.25, 0.3) is 0 Å². The van der Waals surface area contributed by atoms with Gasteiger partial charge in [-0.2, -0.15) is 0 Å². The standard InChI is InChI=1S/C15H14ClN3O5/c1-22-10-7-13(23-2)15(14(8-10)24-3)18-17-12-5-4-9(19(20)21)6-11(12)16/h4-8H,1-3H3. The average molecular weight is 352 g/mol. The van der Waals surface area contributed by atoms with Crippen molar-refractivity contribution >= 4 is 28.7 Å². The van der Waals surface area contributed by atoms with Crippen LogP contribution in [-0.2, 0) is 0 Å². The number of hydrogen-bond acceptors (Lipinski definition) is 7. The van der Waals surface area contributed by atoms with E-state index in [4.69, 9.17) is 25.8 Å².